The van der Waals surface area contributed by atoms with E-state index >= 15 is 0 Å². The van der Waals surface area contributed by atoms with Crippen LogP contribution in [0.25, 0.3) is 6.08 Å². The lowest BCUT2D eigenvalue weighted by atomic mass is 9.63. The largest absolute Gasteiger partial charge is 0.352 e. The highest BCUT2D eigenvalue weighted by atomic mass is 16.2. The van der Waals surface area contributed by atoms with Crippen LogP contribution in [0.4, 0.5) is 11.4 Å². The van der Waals surface area contributed by atoms with Gasteiger partial charge in [-0.15, -0.1) is 0 Å². The molecule has 1 N–H and O–H groups in total. The van der Waals surface area contributed by atoms with Crippen molar-refractivity contribution in [2.24, 2.45) is 11.3 Å². The lowest BCUT2D eigenvalue weighted by Crippen LogP contribution is -2.51. The van der Waals surface area contributed by atoms with Crippen LogP contribution in [-0.4, -0.2) is 34.5 Å². The molecule has 0 aliphatic carbocycles. The minimum Gasteiger partial charge on any atom is -0.352 e. The number of amides is 1. The van der Waals surface area contributed by atoms with Crippen LogP contribution in [-0.2, 0) is 15.0 Å². The van der Waals surface area contributed by atoms with Gasteiger partial charge in [-0.1, -0.05) is 68.8 Å². The second kappa shape index (κ2) is 7.97. The van der Waals surface area contributed by atoms with Crippen LogP contribution >= 0.6 is 0 Å². The van der Waals surface area contributed by atoms with Gasteiger partial charge >= 0.3 is 0 Å². The molecular formula is C31H29N3O3. The summed E-state index contributed by atoms with van der Waals surface area (Å²) in [6.45, 7) is 7.64. The zero-order valence-electron chi connectivity index (χ0n) is 21.4. The summed E-state index contributed by atoms with van der Waals surface area (Å²) in [7, 11) is 0. The number of aromatic nitrogens is 1. The maximum Gasteiger partial charge on any atom is 0.238 e. The number of ketones is 2. The molecule has 37 heavy (non-hydrogen) atoms. The van der Waals surface area contributed by atoms with Crippen molar-refractivity contribution in [3.05, 3.63) is 95.3 Å². The van der Waals surface area contributed by atoms with Crippen LogP contribution in [0.5, 0.6) is 0 Å². The summed E-state index contributed by atoms with van der Waals surface area (Å²) in [5.74, 6) is -1.61. The fourth-order valence-corrected chi connectivity index (χ4v) is 6.41. The Kier molecular flexibility index (Phi) is 5.03. The first kappa shape index (κ1) is 23.3. The van der Waals surface area contributed by atoms with E-state index in [2.05, 4.69) is 16.4 Å². The molecule has 0 saturated carbocycles. The molecule has 186 valence electrons. The Morgan fingerprint density at radius 2 is 1.78 bits per heavy atom. The summed E-state index contributed by atoms with van der Waals surface area (Å²) in [6, 6.07) is 17.4. The number of rotatable bonds is 3. The van der Waals surface area contributed by atoms with Crippen molar-refractivity contribution >= 4 is 34.9 Å². The summed E-state index contributed by atoms with van der Waals surface area (Å²) in [6.07, 6.45) is 5.59. The van der Waals surface area contributed by atoms with Crippen LogP contribution in [0.1, 0.15) is 48.0 Å². The Morgan fingerprint density at radius 3 is 2.51 bits per heavy atom. The number of benzene rings is 2. The average Bonchev–Trinajstić information content (AvgIpc) is 3.35. The predicted molar refractivity (Wildman–Crippen MR) is 144 cm³/mol. The number of pyridine rings is 1. The molecule has 2 aromatic carbocycles. The summed E-state index contributed by atoms with van der Waals surface area (Å²) in [4.78, 5) is 49.4. The fraction of sp³-hybridized carbons (Fsp3) is 0.290. The van der Waals surface area contributed by atoms with Gasteiger partial charge in [0.15, 0.2) is 11.6 Å². The third-order valence-corrected chi connectivity index (χ3v) is 8.00. The summed E-state index contributed by atoms with van der Waals surface area (Å²) < 4.78 is 0. The molecule has 4 heterocycles. The van der Waals surface area contributed by atoms with Crippen LogP contribution in [0.3, 0.4) is 0 Å². The number of Topliss-reactive ketones (excluding diaryl/α,β-unsaturated/α-hetero) is 2. The van der Waals surface area contributed by atoms with E-state index in [1.807, 2.05) is 81.1 Å². The van der Waals surface area contributed by atoms with Gasteiger partial charge < -0.3 is 10.2 Å². The molecule has 6 nitrogen and oxygen atoms in total. The average molecular weight is 492 g/mol. The third-order valence-electron chi connectivity index (χ3n) is 8.00. The Balaban J connectivity index is 1.69. The molecule has 0 bridgehead atoms. The monoisotopic (exact) mass is 491 g/mol. The minimum atomic E-state index is -1.30. The Bertz CT molecular complexity index is 1490. The smallest absolute Gasteiger partial charge is 0.238 e. The second-order valence-electron chi connectivity index (χ2n) is 11.3. The van der Waals surface area contributed by atoms with Crippen LogP contribution in [0.15, 0.2) is 72.9 Å². The molecule has 1 fully saturated rings. The first-order valence-corrected chi connectivity index (χ1v) is 12.6. The summed E-state index contributed by atoms with van der Waals surface area (Å²) in [5, 5.41) is 3.05. The van der Waals surface area contributed by atoms with Gasteiger partial charge in [-0.3, -0.25) is 19.4 Å². The van der Waals surface area contributed by atoms with Gasteiger partial charge in [-0.25, -0.2) is 0 Å². The van der Waals surface area contributed by atoms with Crippen molar-refractivity contribution in [3.63, 3.8) is 0 Å². The number of para-hydroxylation sites is 1. The summed E-state index contributed by atoms with van der Waals surface area (Å²) in [5.41, 5.74) is 2.55. The molecule has 3 aliphatic heterocycles. The zero-order chi connectivity index (χ0) is 26.1. The molecule has 1 saturated heterocycles. The number of carbonyl (C=O) groups excluding carboxylic acids is 3. The quantitative estimate of drug-likeness (QED) is 0.523. The molecule has 0 radical (unpaired) electrons. The normalized spacial score (nSPS) is 25.5. The first-order valence-electron chi connectivity index (χ1n) is 12.6. The van der Waals surface area contributed by atoms with Crippen LogP contribution < -0.4 is 10.2 Å². The van der Waals surface area contributed by atoms with Gasteiger partial charge in [0.25, 0.3) is 0 Å². The molecule has 1 amide bonds. The van der Waals surface area contributed by atoms with Crippen molar-refractivity contribution in [1.82, 2.24) is 4.98 Å². The van der Waals surface area contributed by atoms with Crippen molar-refractivity contribution in [1.29, 1.82) is 0 Å². The molecular weight excluding hydrogens is 462 g/mol. The van der Waals surface area contributed by atoms with Crippen LogP contribution in [0, 0.1) is 18.3 Å². The Labute approximate surface area is 216 Å². The Morgan fingerprint density at radius 1 is 1.03 bits per heavy atom. The second-order valence-corrected chi connectivity index (χ2v) is 11.3. The van der Waals surface area contributed by atoms with Gasteiger partial charge in [-0.05, 0) is 48.4 Å². The SMILES string of the molecule is Cc1ccc2c(c1)C=C[C@@H]1N2[C@H](C(=O)C(C)(C)C)[C@@H](C(=O)c2ccccn2)[C@]12C(=O)Nc1ccccc12. The van der Waals surface area contributed by atoms with Crippen molar-refractivity contribution in [3.8, 4) is 0 Å². The van der Waals surface area contributed by atoms with E-state index in [1.165, 1.54) is 0 Å². The number of nitrogens with one attached hydrogen (secondary N) is 1. The molecule has 6 heteroatoms. The van der Waals surface area contributed by atoms with E-state index in [1.54, 1.807) is 24.4 Å². The van der Waals surface area contributed by atoms with Gasteiger partial charge in [0.2, 0.25) is 5.91 Å². The van der Waals surface area contributed by atoms with Gasteiger partial charge in [0.1, 0.15) is 17.2 Å². The zero-order valence-corrected chi connectivity index (χ0v) is 21.4. The molecule has 1 aromatic heterocycles. The Hall–Kier alpha value is -4.06. The van der Waals surface area contributed by atoms with Crippen molar-refractivity contribution in [2.75, 3.05) is 10.2 Å². The van der Waals surface area contributed by atoms with E-state index in [-0.39, 0.29) is 23.2 Å². The number of nitrogens with zero attached hydrogens (tertiary/aromatic N) is 2. The maximum absolute atomic E-state index is 14.5. The molecule has 1 spiro atoms. The van der Waals surface area contributed by atoms with Crippen molar-refractivity contribution in [2.45, 2.75) is 45.2 Å². The van der Waals surface area contributed by atoms with Crippen LogP contribution in [0.2, 0.25) is 0 Å². The van der Waals surface area contributed by atoms with E-state index in [9.17, 15) is 14.4 Å². The van der Waals surface area contributed by atoms with Gasteiger partial charge in [0.05, 0.1) is 12.0 Å². The van der Waals surface area contributed by atoms with E-state index in [0.717, 1.165) is 22.4 Å². The number of hydrogen-bond acceptors (Lipinski definition) is 5. The highest BCUT2D eigenvalue weighted by Crippen LogP contribution is 2.58. The predicted octanol–water partition coefficient (Wildman–Crippen LogP) is 4.98. The van der Waals surface area contributed by atoms with Crippen molar-refractivity contribution < 1.29 is 14.4 Å². The molecule has 0 unspecified atom stereocenters. The number of hydrogen-bond donors (Lipinski definition) is 1. The molecule has 3 aliphatic rings. The molecule has 4 atom stereocenters. The number of aryl methyl sites for hydroxylation is 1. The topological polar surface area (TPSA) is 79.4 Å². The highest BCUT2D eigenvalue weighted by molar-refractivity contribution is 6.16. The number of fused-ring (bicyclic) bond motifs is 6. The lowest BCUT2D eigenvalue weighted by molar-refractivity contribution is -0.128. The highest BCUT2D eigenvalue weighted by Gasteiger charge is 2.70. The third kappa shape index (κ3) is 3.18. The van der Waals surface area contributed by atoms with Gasteiger partial charge in [0, 0.05) is 23.0 Å². The minimum absolute atomic E-state index is 0.0809. The molecule has 3 aromatic rings. The lowest BCUT2D eigenvalue weighted by Gasteiger charge is -2.38. The maximum atomic E-state index is 14.5. The number of anilines is 2. The first-order chi connectivity index (χ1) is 17.7. The number of carbonyl (C=O) groups is 3. The fourth-order valence-electron chi connectivity index (χ4n) is 6.41. The van der Waals surface area contributed by atoms with E-state index in [4.69, 9.17) is 0 Å². The van der Waals surface area contributed by atoms with E-state index in [0.29, 0.717) is 5.69 Å². The standard InChI is InChI=1S/C31H29N3O3/c1-18-12-14-23-19(17-18)13-15-24-31(20-9-5-6-10-21(20)33-29(31)37)25(27(35)22-11-7-8-16-32-22)26(34(23)24)28(36)30(2,3)4/h5-17,24-26H,1-4H3,(H,33,37)/t24-,25-,26-,31+/m0/s1. The molecule has 6 rings (SSSR count). The van der Waals surface area contributed by atoms with Gasteiger partial charge in [-0.2, -0.15) is 0 Å². The summed E-state index contributed by atoms with van der Waals surface area (Å²) >= 11 is 0. The van der Waals surface area contributed by atoms with E-state index < -0.39 is 28.8 Å².